The molecule has 2 nitrogen and oxygen atoms in total. The molecule has 6 heavy (non-hydrogen) atoms. The van der Waals surface area contributed by atoms with E-state index in [0.29, 0.717) is 0 Å². The van der Waals surface area contributed by atoms with Gasteiger partial charge in [-0.05, 0) is 0 Å². The fourth-order valence-corrected chi connectivity index (χ4v) is 0. The van der Waals surface area contributed by atoms with Gasteiger partial charge in [0.25, 0.3) is 0 Å². The van der Waals surface area contributed by atoms with Gasteiger partial charge in [-0.15, -0.1) is 0 Å². The SMILES string of the molecule is [NaH].[O]=[Mn](=[O])[CH2]F. The zero-order valence-corrected chi connectivity index (χ0v) is 3.46. The molecule has 0 N–H and O–H groups in total. The summed E-state index contributed by atoms with van der Waals surface area (Å²) in [5, 5.41) is 0. The van der Waals surface area contributed by atoms with Crippen molar-refractivity contribution < 1.29 is 25.8 Å². The number of alkyl halides is 1. The van der Waals surface area contributed by atoms with Gasteiger partial charge in [0.05, 0.1) is 0 Å². The van der Waals surface area contributed by atoms with Crippen LogP contribution in [0.15, 0.2) is 0 Å². The Labute approximate surface area is 60.7 Å². The van der Waals surface area contributed by atoms with E-state index in [9.17, 15) is 4.39 Å². The average Bonchev–Trinajstić information content (AvgIpc) is 1.38. The molecule has 0 atom stereocenters. The quantitative estimate of drug-likeness (QED) is 0.468. The van der Waals surface area contributed by atoms with Crippen LogP contribution in [0.5, 0.6) is 0 Å². The van der Waals surface area contributed by atoms with Crippen LogP contribution in [-0.2, 0) is 21.4 Å². The second-order valence-electron chi connectivity index (χ2n) is 0.382. The first-order valence-electron chi connectivity index (χ1n) is 0.843. The molecule has 0 rings (SSSR count). The molecule has 0 saturated carbocycles. The van der Waals surface area contributed by atoms with Gasteiger partial charge in [-0.1, -0.05) is 0 Å². The van der Waals surface area contributed by atoms with Crippen molar-refractivity contribution in [1.29, 1.82) is 0 Å². The van der Waals surface area contributed by atoms with Gasteiger partial charge in [0.1, 0.15) is 0 Å². The summed E-state index contributed by atoms with van der Waals surface area (Å²) in [5.41, 5.74) is -1.20. The van der Waals surface area contributed by atoms with Crippen LogP contribution < -0.4 is 0 Å². The first kappa shape index (κ1) is 10.1. The molecule has 34 valence electrons. The number of halogens is 1. The van der Waals surface area contributed by atoms with E-state index in [2.05, 4.69) is 0 Å². The zero-order chi connectivity index (χ0) is 4.28. The van der Waals surface area contributed by atoms with Crippen LogP contribution in [0.1, 0.15) is 0 Å². The first-order valence-corrected chi connectivity index (χ1v) is 2.64. The molecular formula is CH3FMnNaO2. The van der Waals surface area contributed by atoms with Crippen LogP contribution in [0.4, 0.5) is 4.39 Å². The fourth-order valence-electron chi connectivity index (χ4n) is 0. The molecule has 0 aromatic carbocycles. The van der Waals surface area contributed by atoms with E-state index in [1.165, 1.54) is 0 Å². The van der Waals surface area contributed by atoms with Crippen LogP contribution in [0, 0.1) is 0 Å². The van der Waals surface area contributed by atoms with Gasteiger partial charge in [-0.25, -0.2) is 0 Å². The zero-order valence-electron chi connectivity index (χ0n) is 2.28. The van der Waals surface area contributed by atoms with Crippen LogP contribution in [0.2, 0.25) is 0 Å². The van der Waals surface area contributed by atoms with E-state index in [-0.39, 0.29) is 29.6 Å². The summed E-state index contributed by atoms with van der Waals surface area (Å²) in [7, 11) is 0. The predicted octanol–water partition coefficient (Wildman–Crippen LogP) is -0.426. The van der Waals surface area contributed by atoms with Crippen molar-refractivity contribution >= 4 is 29.6 Å². The Morgan fingerprint density at radius 2 is 1.67 bits per heavy atom. The van der Waals surface area contributed by atoms with Gasteiger partial charge in [-0.2, -0.15) is 0 Å². The summed E-state index contributed by atoms with van der Waals surface area (Å²) in [6, 6.07) is 0. The molecule has 0 unspecified atom stereocenters. The second kappa shape index (κ2) is 6.05. The molecule has 0 aliphatic rings. The van der Waals surface area contributed by atoms with Crippen molar-refractivity contribution in [3.05, 3.63) is 0 Å². The Hall–Kier alpha value is 1.05. The third-order valence-corrected chi connectivity index (χ3v) is 0.340. The van der Waals surface area contributed by atoms with Crippen LogP contribution in [0.25, 0.3) is 0 Å². The summed E-state index contributed by atoms with van der Waals surface area (Å²) in [4.78, 5) is 0. The molecule has 0 radical (unpaired) electrons. The minimum absolute atomic E-state index is 0. The Balaban J connectivity index is 0. The van der Waals surface area contributed by atoms with Crippen molar-refractivity contribution in [3.63, 3.8) is 0 Å². The molecule has 0 aliphatic heterocycles. The van der Waals surface area contributed by atoms with E-state index in [1.807, 2.05) is 0 Å². The molecule has 5 heteroatoms. The number of hydrogen-bond donors (Lipinski definition) is 0. The molecular weight excluding hydrogens is 141 g/mol. The van der Waals surface area contributed by atoms with E-state index >= 15 is 0 Å². The maximum atomic E-state index is 10.5. The second-order valence-corrected chi connectivity index (χ2v) is 1.58. The summed E-state index contributed by atoms with van der Waals surface area (Å²) in [6.07, 6.45) is 0. The summed E-state index contributed by atoms with van der Waals surface area (Å²) in [6.45, 7) is 0. The third-order valence-electron chi connectivity index (χ3n) is 0.0825. The van der Waals surface area contributed by atoms with Crippen LogP contribution >= 0.6 is 0 Å². The molecule has 0 amide bonds. The molecule has 0 aliphatic carbocycles. The molecule has 0 spiro atoms. The van der Waals surface area contributed by atoms with Gasteiger partial charge < -0.3 is 0 Å². The van der Waals surface area contributed by atoms with Crippen molar-refractivity contribution in [2.24, 2.45) is 0 Å². The molecule has 0 aromatic rings. The first-order chi connectivity index (χ1) is 2.27. The monoisotopic (exact) mass is 144 g/mol. The molecule has 0 saturated heterocycles. The third kappa shape index (κ3) is 8.90. The van der Waals surface area contributed by atoms with Crippen molar-refractivity contribution in [1.82, 2.24) is 0 Å². The Morgan fingerprint density at radius 1 is 1.50 bits per heavy atom. The van der Waals surface area contributed by atoms with E-state index in [4.69, 9.17) is 7.67 Å². The Morgan fingerprint density at radius 3 is 1.67 bits per heavy atom. The van der Waals surface area contributed by atoms with E-state index < -0.39 is 19.3 Å². The average molecular weight is 144 g/mol. The minimum atomic E-state index is -3.06. The Kier molecular flexibility index (Phi) is 10.2. The van der Waals surface area contributed by atoms with Crippen LogP contribution in [0.3, 0.4) is 0 Å². The predicted molar refractivity (Wildman–Crippen MR) is 14.5 cm³/mol. The van der Waals surface area contributed by atoms with Gasteiger partial charge in [0.15, 0.2) is 0 Å². The topological polar surface area (TPSA) is 34.1 Å². The molecule has 0 bridgehead atoms. The summed E-state index contributed by atoms with van der Waals surface area (Å²) < 4.78 is 28.7. The van der Waals surface area contributed by atoms with Gasteiger partial charge in [0, 0.05) is 0 Å². The Bertz CT molecular complexity index is 71.6. The molecule has 0 heterocycles. The van der Waals surface area contributed by atoms with Gasteiger partial charge in [0.2, 0.25) is 0 Å². The van der Waals surface area contributed by atoms with Crippen molar-refractivity contribution in [2.45, 2.75) is 0 Å². The summed E-state index contributed by atoms with van der Waals surface area (Å²) >= 11 is -3.06. The van der Waals surface area contributed by atoms with Gasteiger partial charge >= 0.3 is 61.0 Å². The van der Waals surface area contributed by atoms with Crippen molar-refractivity contribution in [3.8, 4) is 0 Å². The molecule has 0 fully saturated rings. The fraction of sp³-hybridized carbons (Fsp3) is 1.00. The number of rotatable bonds is 1. The normalized spacial score (nSPS) is 7.67. The van der Waals surface area contributed by atoms with Gasteiger partial charge in [-0.3, -0.25) is 0 Å². The van der Waals surface area contributed by atoms with E-state index in [0.717, 1.165) is 0 Å². The summed E-state index contributed by atoms with van der Waals surface area (Å²) in [5.74, 6) is 0. The van der Waals surface area contributed by atoms with Crippen molar-refractivity contribution in [2.75, 3.05) is 5.57 Å². The maximum absolute atomic E-state index is 10.5. The molecule has 0 aromatic heterocycles. The van der Waals surface area contributed by atoms with E-state index in [1.54, 1.807) is 0 Å². The standard InChI is InChI=1S/CH2F.Mn.Na.2O.H/c1-2;;;;;/h1H2;;;;;. The van der Waals surface area contributed by atoms with Crippen LogP contribution in [-0.4, -0.2) is 35.1 Å². The number of hydrogen-bond acceptors (Lipinski definition) is 2.